The zero-order chi connectivity index (χ0) is 18.3. The molecule has 0 spiro atoms. The van der Waals surface area contributed by atoms with E-state index >= 15 is 0 Å². The first kappa shape index (κ1) is 16.4. The number of aryl methyl sites for hydroxylation is 3. The van der Waals surface area contributed by atoms with Crippen LogP contribution in [0.2, 0.25) is 0 Å². The quantitative estimate of drug-likeness (QED) is 0.696. The second-order valence-corrected chi connectivity index (χ2v) is 6.50. The molecule has 8 nitrogen and oxygen atoms in total. The molecule has 4 rings (SSSR count). The summed E-state index contributed by atoms with van der Waals surface area (Å²) in [5, 5.41) is 4.66. The fraction of sp³-hybridized carbons (Fsp3) is 0.389. The average Bonchev–Trinajstić information content (AvgIpc) is 3.02. The standard InChI is InChI=1S/C18H20N6O2/c1-11-10-14(15-12(2)22-26-17(15)21-11)18(25)24-8-6-23(7-9-24)16-13(3)19-4-5-20-16/h4-5,10H,6-9H2,1-3H3. The number of hydrogen-bond donors (Lipinski definition) is 0. The highest BCUT2D eigenvalue weighted by Crippen LogP contribution is 2.24. The van der Waals surface area contributed by atoms with E-state index in [9.17, 15) is 4.79 Å². The number of rotatable bonds is 2. The van der Waals surface area contributed by atoms with Crippen molar-refractivity contribution in [3.8, 4) is 0 Å². The largest absolute Gasteiger partial charge is 0.352 e. The Morgan fingerprint density at radius 2 is 1.77 bits per heavy atom. The molecule has 0 bridgehead atoms. The molecular formula is C18H20N6O2. The summed E-state index contributed by atoms with van der Waals surface area (Å²) in [4.78, 5) is 30.2. The van der Waals surface area contributed by atoms with Crippen LogP contribution in [0.5, 0.6) is 0 Å². The number of fused-ring (bicyclic) bond motifs is 1. The van der Waals surface area contributed by atoms with Crippen LogP contribution < -0.4 is 4.90 Å². The van der Waals surface area contributed by atoms with Crippen molar-refractivity contribution < 1.29 is 9.32 Å². The minimum atomic E-state index is -0.0117. The Balaban J connectivity index is 1.56. The summed E-state index contributed by atoms with van der Waals surface area (Å²) >= 11 is 0. The number of nitrogens with zero attached hydrogens (tertiary/aromatic N) is 6. The van der Waals surface area contributed by atoms with Crippen LogP contribution in [0.3, 0.4) is 0 Å². The fourth-order valence-electron chi connectivity index (χ4n) is 3.39. The minimum Gasteiger partial charge on any atom is -0.352 e. The van der Waals surface area contributed by atoms with E-state index in [-0.39, 0.29) is 5.91 Å². The zero-order valence-corrected chi connectivity index (χ0v) is 15.1. The summed E-state index contributed by atoms with van der Waals surface area (Å²) in [6, 6.07) is 1.81. The van der Waals surface area contributed by atoms with Crippen molar-refractivity contribution in [2.24, 2.45) is 0 Å². The molecule has 1 amide bonds. The maximum absolute atomic E-state index is 13.1. The smallest absolute Gasteiger partial charge is 0.258 e. The maximum atomic E-state index is 13.1. The molecule has 8 heteroatoms. The summed E-state index contributed by atoms with van der Waals surface area (Å²) < 4.78 is 5.24. The molecule has 0 radical (unpaired) electrons. The van der Waals surface area contributed by atoms with Crippen molar-refractivity contribution in [2.45, 2.75) is 20.8 Å². The van der Waals surface area contributed by atoms with Crippen molar-refractivity contribution in [3.05, 3.63) is 41.1 Å². The Labute approximate surface area is 150 Å². The number of amides is 1. The van der Waals surface area contributed by atoms with Gasteiger partial charge in [0.05, 0.1) is 22.3 Å². The minimum absolute atomic E-state index is 0.0117. The second-order valence-electron chi connectivity index (χ2n) is 6.50. The Hall–Kier alpha value is -3.03. The number of hydrogen-bond acceptors (Lipinski definition) is 7. The fourth-order valence-corrected chi connectivity index (χ4v) is 3.39. The first-order chi connectivity index (χ1) is 12.5. The van der Waals surface area contributed by atoms with Gasteiger partial charge in [0.25, 0.3) is 11.6 Å². The van der Waals surface area contributed by atoms with Crippen LogP contribution in [0.15, 0.2) is 23.0 Å². The van der Waals surface area contributed by atoms with Crippen LogP contribution in [0.4, 0.5) is 5.82 Å². The van der Waals surface area contributed by atoms with Gasteiger partial charge in [-0.1, -0.05) is 5.16 Å². The molecule has 3 aromatic rings. The number of carbonyl (C=O) groups is 1. The molecule has 0 N–H and O–H groups in total. The van der Waals surface area contributed by atoms with Crippen LogP contribution >= 0.6 is 0 Å². The number of anilines is 1. The number of carbonyl (C=O) groups excluding carboxylic acids is 1. The third kappa shape index (κ3) is 2.77. The van der Waals surface area contributed by atoms with Gasteiger partial charge in [0.15, 0.2) is 0 Å². The molecule has 1 saturated heterocycles. The first-order valence-electron chi connectivity index (χ1n) is 8.60. The molecular weight excluding hydrogens is 332 g/mol. The van der Waals surface area contributed by atoms with Gasteiger partial charge in [0, 0.05) is 44.3 Å². The van der Waals surface area contributed by atoms with Gasteiger partial charge in [-0.15, -0.1) is 0 Å². The first-order valence-corrected chi connectivity index (χ1v) is 8.60. The van der Waals surface area contributed by atoms with E-state index in [1.807, 2.05) is 31.7 Å². The number of pyridine rings is 1. The van der Waals surface area contributed by atoms with Gasteiger partial charge in [0.2, 0.25) is 0 Å². The lowest BCUT2D eigenvalue weighted by Gasteiger charge is -2.35. The predicted molar refractivity (Wildman–Crippen MR) is 96.2 cm³/mol. The van der Waals surface area contributed by atoms with Crippen molar-refractivity contribution in [1.82, 2.24) is 25.0 Å². The molecule has 134 valence electrons. The highest BCUT2D eigenvalue weighted by atomic mass is 16.5. The summed E-state index contributed by atoms with van der Waals surface area (Å²) in [7, 11) is 0. The molecule has 1 aliphatic heterocycles. The van der Waals surface area contributed by atoms with Crippen LogP contribution in [0, 0.1) is 20.8 Å². The Bertz CT molecular complexity index is 975. The van der Waals surface area contributed by atoms with E-state index in [0.717, 1.165) is 30.3 Å². The molecule has 1 fully saturated rings. The average molecular weight is 352 g/mol. The van der Waals surface area contributed by atoms with E-state index in [1.165, 1.54) is 0 Å². The van der Waals surface area contributed by atoms with Crippen LogP contribution in [-0.4, -0.2) is 57.1 Å². The molecule has 0 aliphatic carbocycles. The SMILES string of the molecule is Cc1cc(C(=O)N2CCN(c3nccnc3C)CC2)c2c(C)noc2n1. The normalized spacial score (nSPS) is 14.9. The van der Waals surface area contributed by atoms with E-state index < -0.39 is 0 Å². The molecule has 4 heterocycles. The number of aromatic nitrogens is 4. The van der Waals surface area contributed by atoms with Gasteiger partial charge < -0.3 is 14.3 Å². The van der Waals surface area contributed by atoms with Crippen molar-refractivity contribution in [2.75, 3.05) is 31.1 Å². The molecule has 3 aromatic heterocycles. The third-order valence-corrected chi connectivity index (χ3v) is 4.70. The molecule has 26 heavy (non-hydrogen) atoms. The molecule has 0 aromatic carbocycles. The Morgan fingerprint density at radius 1 is 1.04 bits per heavy atom. The third-order valence-electron chi connectivity index (χ3n) is 4.70. The maximum Gasteiger partial charge on any atom is 0.258 e. The van der Waals surface area contributed by atoms with Crippen molar-refractivity contribution >= 4 is 22.8 Å². The molecule has 0 atom stereocenters. The lowest BCUT2D eigenvalue weighted by Crippen LogP contribution is -2.49. The molecule has 0 saturated carbocycles. The summed E-state index contributed by atoms with van der Waals surface area (Å²) in [5.41, 5.74) is 3.35. The monoisotopic (exact) mass is 352 g/mol. The van der Waals surface area contributed by atoms with Crippen LogP contribution in [-0.2, 0) is 0 Å². The van der Waals surface area contributed by atoms with Gasteiger partial charge in [-0.25, -0.2) is 9.97 Å². The summed E-state index contributed by atoms with van der Waals surface area (Å²) in [6.07, 6.45) is 3.39. The van der Waals surface area contributed by atoms with Crippen molar-refractivity contribution in [3.63, 3.8) is 0 Å². The van der Waals surface area contributed by atoms with Gasteiger partial charge in [-0.2, -0.15) is 0 Å². The van der Waals surface area contributed by atoms with E-state index in [4.69, 9.17) is 4.52 Å². The zero-order valence-electron chi connectivity index (χ0n) is 15.1. The number of piperazine rings is 1. The lowest BCUT2D eigenvalue weighted by molar-refractivity contribution is 0.0748. The highest BCUT2D eigenvalue weighted by Gasteiger charge is 2.26. The lowest BCUT2D eigenvalue weighted by atomic mass is 10.1. The van der Waals surface area contributed by atoms with Crippen LogP contribution in [0.1, 0.15) is 27.4 Å². The second kappa shape index (κ2) is 6.36. The topological polar surface area (TPSA) is 88.3 Å². The summed E-state index contributed by atoms with van der Waals surface area (Å²) in [6.45, 7) is 8.33. The summed E-state index contributed by atoms with van der Waals surface area (Å²) in [5.74, 6) is 0.874. The van der Waals surface area contributed by atoms with E-state index in [0.29, 0.717) is 35.4 Å². The highest BCUT2D eigenvalue weighted by molar-refractivity contribution is 6.06. The van der Waals surface area contributed by atoms with E-state index in [2.05, 4.69) is 25.0 Å². The molecule has 0 unspecified atom stereocenters. The van der Waals surface area contributed by atoms with Gasteiger partial charge >= 0.3 is 0 Å². The molecule has 1 aliphatic rings. The Morgan fingerprint density at radius 3 is 2.50 bits per heavy atom. The van der Waals surface area contributed by atoms with Crippen LogP contribution in [0.25, 0.3) is 11.1 Å². The van der Waals surface area contributed by atoms with Gasteiger partial charge in [-0.05, 0) is 26.8 Å². The Kier molecular flexibility index (Phi) is 4.02. The van der Waals surface area contributed by atoms with Gasteiger partial charge in [-0.3, -0.25) is 9.78 Å². The van der Waals surface area contributed by atoms with E-state index in [1.54, 1.807) is 12.4 Å². The van der Waals surface area contributed by atoms with Gasteiger partial charge in [0.1, 0.15) is 5.82 Å². The van der Waals surface area contributed by atoms with Crippen molar-refractivity contribution in [1.29, 1.82) is 0 Å². The predicted octanol–water partition coefficient (Wildman–Crippen LogP) is 1.90.